The molecule has 0 aliphatic heterocycles. The van der Waals surface area contributed by atoms with Gasteiger partial charge in [-0.1, -0.05) is 65.2 Å². The van der Waals surface area contributed by atoms with Gasteiger partial charge in [-0.3, -0.25) is 0 Å². The van der Waals surface area contributed by atoms with Gasteiger partial charge in [0, 0.05) is 6.61 Å². The van der Waals surface area contributed by atoms with E-state index < -0.39 is 5.60 Å². The highest BCUT2D eigenvalue weighted by Crippen LogP contribution is 2.23. The van der Waals surface area contributed by atoms with Crippen molar-refractivity contribution in [3.05, 3.63) is 0 Å². The van der Waals surface area contributed by atoms with Crippen LogP contribution in [0.1, 0.15) is 85.0 Å². The number of hydrogen-bond donors (Lipinski definition) is 1. The monoisotopic (exact) mass is 302 g/mol. The van der Waals surface area contributed by atoms with Gasteiger partial charge in [0.05, 0.1) is 25.4 Å². The van der Waals surface area contributed by atoms with E-state index in [1.807, 2.05) is 6.92 Å². The highest BCUT2D eigenvalue weighted by atomic mass is 16.5. The first-order chi connectivity index (χ1) is 10.2. The molecule has 0 aromatic rings. The van der Waals surface area contributed by atoms with E-state index in [1.165, 1.54) is 38.5 Å². The van der Waals surface area contributed by atoms with E-state index in [1.54, 1.807) is 0 Å². The van der Waals surface area contributed by atoms with Crippen LogP contribution in [0.5, 0.6) is 0 Å². The normalized spacial score (nSPS) is 12.0. The molecule has 128 valence electrons. The van der Waals surface area contributed by atoms with Crippen LogP contribution < -0.4 is 0 Å². The van der Waals surface area contributed by atoms with Gasteiger partial charge in [0.25, 0.3) is 0 Å². The van der Waals surface area contributed by atoms with Crippen LogP contribution in [0, 0.1) is 0 Å². The van der Waals surface area contributed by atoms with Gasteiger partial charge >= 0.3 is 0 Å². The molecule has 3 nitrogen and oxygen atoms in total. The van der Waals surface area contributed by atoms with Crippen LogP contribution in [0.25, 0.3) is 0 Å². The Bertz CT molecular complexity index is 195. The molecule has 0 amide bonds. The van der Waals surface area contributed by atoms with Gasteiger partial charge in [0.1, 0.15) is 0 Å². The third kappa shape index (κ3) is 13.3. The standard InChI is InChI=1S/C18H38O3/c1-4-7-9-11-13-18(19,14-12-10-8-5-2)17-21-16-15-20-6-3/h19H,4-17H2,1-3H3. The summed E-state index contributed by atoms with van der Waals surface area (Å²) in [6.45, 7) is 8.80. The average Bonchev–Trinajstić information content (AvgIpc) is 2.48. The van der Waals surface area contributed by atoms with Crippen LogP contribution in [-0.4, -0.2) is 37.1 Å². The van der Waals surface area contributed by atoms with Gasteiger partial charge in [0.15, 0.2) is 0 Å². The third-order valence-corrected chi connectivity index (χ3v) is 3.94. The van der Waals surface area contributed by atoms with Crippen molar-refractivity contribution < 1.29 is 14.6 Å². The first kappa shape index (κ1) is 20.9. The van der Waals surface area contributed by atoms with E-state index in [-0.39, 0.29) is 0 Å². The van der Waals surface area contributed by atoms with E-state index in [0.29, 0.717) is 19.8 Å². The van der Waals surface area contributed by atoms with Gasteiger partial charge < -0.3 is 14.6 Å². The lowest BCUT2D eigenvalue weighted by atomic mass is 9.90. The minimum absolute atomic E-state index is 0.457. The molecule has 0 aliphatic carbocycles. The van der Waals surface area contributed by atoms with Gasteiger partial charge in [-0.15, -0.1) is 0 Å². The Morgan fingerprint density at radius 1 is 0.714 bits per heavy atom. The molecular formula is C18H38O3. The summed E-state index contributed by atoms with van der Waals surface area (Å²) in [5, 5.41) is 10.8. The van der Waals surface area contributed by atoms with Crippen LogP contribution in [0.3, 0.4) is 0 Å². The van der Waals surface area contributed by atoms with Crippen molar-refractivity contribution >= 4 is 0 Å². The summed E-state index contributed by atoms with van der Waals surface area (Å²) in [7, 11) is 0. The number of rotatable bonds is 16. The lowest BCUT2D eigenvalue weighted by molar-refractivity contribution is -0.0691. The molecule has 3 heteroatoms. The maximum atomic E-state index is 10.8. The molecular weight excluding hydrogens is 264 g/mol. The lowest BCUT2D eigenvalue weighted by Gasteiger charge is -2.28. The summed E-state index contributed by atoms with van der Waals surface area (Å²) < 4.78 is 10.9. The lowest BCUT2D eigenvalue weighted by Crippen LogP contribution is -2.35. The van der Waals surface area contributed by atoms with Crippen molar-refractivity contribution in [2.24, 2.45) is 0 Å². The summed E-state index contributed by atoms with van der Waals surface area (Å²) in [6.07, 6.45) is 11.4. The zero-order chi connectivity index (χ0) is 15.8. The van der Waals surface area contributed by atoms with Gasteiger partial charge in [-0.25, -0.2) is 0 Å². The summed E-state index contributed by atoms with van der Waals surface area (Å²) in [5.74, 6) is 0. The molecule has 0 bridgehead atoms. The summed E-state index contributed by atoms with van der Waals surface area (Å²) in [5.41, 5.74) is -0.631. The molecule has 0 aliphatic rings. The molecule has 0 radical (unpaired) electrons. The van der Waals surface area contributed by atoms with E-state index in [2.05, 4.69) is 13.8 Å². The van der Waals surface area contributed by atoms with Crippen molar-refractivity contribution in [1.82, 2.24) is 0 Å². The molecule has 0 aromatic heterocycles. The van der Waals surface area contributed by atoms with Crippen molar-refractivity contribution in [3.8, 4) is 0 Å². The largest absolute Gasteiger partial charge is 0.387 e. The minimum atomic E-state index is -0.631. The predicted octanol–water partition coefficient (Wildman–Crippen LogP) is 4.71. The van der Waals surface area contributed by atoms with Crippen molar-refractivity contribution in [1.29, 1.82) is 0 Å². The Balaban J connectivity index is 3.98. The van der Waals surface area contributed by atoms with Crippen LogP contribution in [-0.2, 0) is 9.47 Å². The second kappa shape index (κ2) is 14.8. The molecule has 0 spiro atoms. The zero-order valence-electron chi connectivity index (χ0n) is 14.7. The molecule has 21 heavy (non-hydrogen) atoms. The van der Waals surface area contributed by atoms with Crippen LogP contribution in [0.15, 0.2) is 0 Å². The summed E-state index contributed by atoms with van der Waals surface area (Å²) in [6, 6.07) is 0. The van der Waals surface area contributed by atoms with E-state index >= 15 is 0 Å². The third-order valence-electron chi connectivity index (χ3n) is 3.94. The predicted molar refractivity (Wildman–Crippen MR) is 89.8 cm³/mol. The Hall–Kier alpha value is -0.120. The fourth-order valence-corrected chi connectivity index (χ4v) is 2.56. The Labute approximate surface area is 132 Å². The molecule has 1 N–H and O–H groups in total. The fourth-order valence-electron chi connectivity index (χ4n) is 2.56. The molecule has 0 saturated carbocycles. The number of hydrogen-bond acceptors (Lipinski definition) is 3. The second-order valence-electron chi connectivity index (χ2n) is 6.10. The van der Waals surface area contributed by atoms with Crippen LogP contribution >= 0.6 is 0 Å². The Morgan fingerprint density at radius 2 is 1.24 bits per heavy atom. The number of unbranched alkanes of at least 4 members (excludes halogenated alkanes) is 6. The van der Waals surface area contributed by atoms with Gasteiger partial charge in [-0.2, -0.15) is 0 Å². The highest BCUT2D eigenvalue weighted by Gasteiger charge is 2.26. The van der Waals surface area contributed by atoms with Gasteiger partial charge in [-0.05, 0) is 19.8 Å². The highest BCUT2D eigenvalue weighted by molar-refractivity contribution is 4.78. The SMILES string of the molecule is CCCCCCC(O)(CCCCCC)COCCOCC. The topological polar surface area (TPSA) is 38.7 Å². The summed E-state index contributed by atoms with van der Waals surface area (Å²) >= 11 is 0. The maximum Gasteiger partial charge on any atom is 0.0880 e. The number of ether oxygens (including phenoxy) is 2. The molecule has 0 rings (SSSR count). The molecule has 0 fully saturated rings. The minimum Gasteiger partial charge on any atom is -0.387 e. The molecule has 0 aromatic carbocycles. The first-order valence-corrected chi connectivity index (χ1v) is 9.06. The molecule has 0 atom stereocenters. The molecule has 0 unspecified atom stereocenters. The molecule has 0 saturated heterocycles. The van der Waals surface area contributed by atoms with Crippen molar-refractivity contribution in [3.63, 3.8) is 0 Å². The Morgan fingerprint density at radius 3 is 1.71 bits per heavy atom. The number of aliphatic hydroxyl groups is 1. The van der Waals surface area contributed by atoms with E-state index in [4.69, 9.17) is 9.47 Å². The Kier molecular flexibility index (Phi) is 14.7. The fraction of sp³-hybridized carbons (Fsp3) is 1.00. The zero-order valence-corrected chi connectivity index (χ0v) is 14.7. The maximum absolute atomic E-state index is 10.8. The van der Waals surface area contributed by atoms with Gasteiger partial charge in [0.2, 0.25) is 0 Å². The summed E-state index contributed by atoms with van der Waals surface area (Å²) in [4.78, 5) is 0. The quantitative estimate of drug-likeness (QED) is 0.420. The molecule has 0 heterocycles. The first-order valence-electron chi connectivity index (χ1n) is 9.06. The smallest absolute Gasteiger partial charge is 0.0880 e. The second-order valence-corrected chi connectivity index (χ2v) is 6.10. The van der Waals surface area contributed by atoms with E-state index in [9.17, 15) is 5.11 Å². The average molecular weight is 302 g/mol. The van der Waals surface area contributed by atoms with Crippen molar-refractivity contribution in [2.45, 2.75) is 90.6 Å². The van der Waals surface area contributed by atoms with Crippen LogP contribution in [0.4, 0.5) is 0 Å². The van der Waals surface area contributed by atoms with E-state index in [0.717, 1.165) is 32.3 Å². The van der Waals surface area contributed by atoms with Crippen molar-refractivity contribution in [2.75, 3.05) is 26.4 Å². The van der Waals surface area contributed by atoms with Crippen LogP contribution in [0.2, 0.25) is 0 Å².